The number of nitrogens with zero attached hydrogens (tertiary/aromatic N) is 4. The van der Waals surface area contributed by atoms with Crippen molar-refractivity contribution in [1.29, 1.82) is 0 Å². The molecule has 0 aliphatic heterocycles. The summed E-state index contributed by atoms with van der Waals surface area (Å²) in [6, 6.07) is 10.9. The Morgan fingerprint density at radius 1 is 1.14 bits per heavy atom. The van der Waals surface area contributed by atoms with E-state index in [0.29, 0.717) is 23.4 Å². The largest absolute Gasteiger partial charge is 0.483 e. The molecule has 3 rings (SSSR count). The maximum atomic E-state index is 14.0. The lowest BCUT2D eigenvalue weighted by Gasteiger charge is -2.18. The number of ether oxygens (including phenoxy) is 1. The molecule has 0 radical (unpaired) electrons. The number of non-ortho nitro benzene ring substituents is 1. The van der Waals surface area contributed by atoms with E-state index in [2.05, 4.69) is 43.2 Å². The Morgan fingerprint density at radius 2 is 1.83 bits per heavy atom. The second-order valence-corrected chi connectivity index (χ2v) is 10.0. The predicted octanol–water partition coefficient (Wildman–Crippen LogP) is 5.98. The second-order valence-electron chi connectivity index (χ2n) is 9.09. The van der Waals surface area contributed by atoms with Crippen LogP contribution in [0.5, 0.6) is 5.75 Å². The van der Waals surface area contributed by atoms with Gasteiger partial charge in [-0.05, 0) is 42.5 Å². The van der Waals surface area contributed by atoms with Gasteiger partial charge in [0.1, 0.15) is 11.6 Å². The van der Waals surface area contributed by atoms with Crippen LogP contribution >= 0.6 is 11.8 Å². The van der Waals surface area contributed by atoms with Gasteiger partial charge in [0.15, 0.2) is 17.1 Å². The zero-order chi connectivity index (χ0) is 26.4. The molecule has 0 bridgehead atoms. The number of nitro groups is 1. The highest BCUT2D eigenvalue weighted by molar-refractivity contribution is 7.99. The number of carbonyl (C=O) groups excluding carboxylic acids is 1. The molecule has 1 heterocycles. The van der Waals surface area contributed by atoms with Gasteiger partial charge in [0, 0.05) is 18.7 Å². The third kappa shape index (κ3) is 7.03. The lowest BCUT2D eigenvalue weighted by Crippen LogP contribution is -2.17. The first-order valence-corrected chi connectivity index (χ1v) is 12.6. The van der Waals surface area contributed by atoms with Crippen molar-refractivity contribution in [3.63, 3.8) is 0 Å². The van der Waals surface area contributed by atoms with E-state index >= 15 is 0 Å². The number of anilines is 1. The van der Waals surface area contributed by atoms with Crippen LogP contribution in [0.15, 0.2) is 47.6 Å². The lowest BCUT2D eigenvalue weighted by atomic mass is 10.0. The van der Waals surface area contributed by atoms with Gasteiger partial charge in [-0.1, -0.05) is 51.6 Å². The monoisotopic (exact) mass is 515 g/mol. The fraction of sp³-hybridized carbons (Fsp3) is 0.400. The quantitative estimate of drug-likeness (QED) is 0.190. The van der Waals surface area contributed by atoms with Gasteiger partial charge in [0.25, 0.3) is 5.69 Å². The Kier molecular flexibility index (Phi) is 9.03. The summed E-state index contributed by atoms with van der Waals surface area (Å²) in [5.74, 6) is 0.707. The van der Waals surface area contributed by atoms with Crippen LogP contribution < -0.4 is 10.1 Å². The van der Waals surface area contributed by atoms with Crippen LogP contribution in [-0.2, 0) is 11.3 Å². The maximum absolute atomic E-state index is 14.0. The molecular formula is C25H30FN5O4S. The number of hydrogen-bond donors (Lipinski definition) is 1. The van der Waals surface area contributed by atoms with E-state index in [0.717, 1.165) is 35.7 Å². The van der Waals surface area contributed by atoms with Gasteiger partial charge in [0.05, 0.1) is 16.4 Å². The third-order valence-electron chi connectivity index (χ3n) is 5.28. The van der Waals surface area contributed by atoms with Gasteiger partial charge >= 0.3 is 0 Å². The molecule has 11 heteroatoms. The van der Waals surface area contributed by atoms with Crippen LogP contribution in [0.2, 0.25) is 0 Å². The smallest absolute Gasteiger partial charge is 0.271 e. The van der Waals surface area contributed by atoms with Crippen molar-refractivity contribution in [3.05, 3.63) is 69.8 Å². The number of halogens is 1. The predicted molar refractivity (Wildman–Crippen MR) is 137 cm³/mol. The molecule has 9 nitrogen and oxygen atoms in total. The average molecular weight is 516 g/mol. The number of carbonyl (C=O) groups is 1. The van der Waals surface area contributed by atoms with E-state index in [1.54, 1.807) is 0 Å². The molecule has 1 unspecified atom stereocenters. The zero-order valence-electron chi connectivity index (χ0n) is 20.9. The van der Waals surface area contributed by atoms with Gasteiger partial charge in [0.2, 0.25) is 5.91 Å². The molecule has 3 aromatic rings. The number of rotatable bonds is 11. The van der Waals surface area contributed by atoms with Crippen LogP contribution in [0.1, 0.15) is 58.0 Å². The molecule has 0 aliphatic carbocycles. The number of thioether (sulfide) groups is 1. The summed E-state index contributed by atoms with van der Waals surface area (Å²) in [7, 11) is 0. The molecule has 192 valence electrons. The first-order chi connectivity index (χ1) is 17.0. The molecule has 1 N–H and O–H groups in total. The second kappa shape index (κ2) is 12.0. The molecule has 1 aromatic heterocycles. The molecule has 2 aromatic carbocycles. The minimum atomic E-state index is -0.753. The lowest BCUT2D eigenvalue weighted by molar-refractivity contribution is -0.384. The molecular weight excluding hydrogens is 485 g/mol. The number of hydrogen-bond acceptors (Lipinski definition) is 7. The molecule has 1 atom stereocenters. The number of nitro benzene ring substituents is 1. The van der Waals surface area contributed by atoms with Crippen molar-refractivity contribution >= 4 is 29.0 Å². The first-order valence-electron chi connectivity index (χ1n) is 11.6. The fourth-order valence-corrected chi connectivity index (χ4v) is 4.23. The molecule has 1 amide bonds. The highest BCUT2D eigenvalue weighted by atomic mass is 32.2. The van der Waals surface area contributed by atoms with E-state index in [1.165, 1.54) is 5.56 Å². The van der Waals surface area contributed by atoms with Gasteiger partial charge in [-0.15, -0.1) is 10.2 Å². The minimum absolute atomic E-state index is 0.0791. The summed E-state index contributed by atoms with van der Waals surface area (Å²) < 4.78 is 22.0. The number of benzene rings is 2. The van der Waals surface area contributed by atoms with Gasteiger partial charge in [-0.25, -0.2) is 4.39 Å². The van der Waals surface area contributed by atoms with Crippen molar-refractivity contribution < 1.29 is 18.8 Å². The number of nitrogens with one attached hydrogen (secondary N) is 1. The summed E-state index contributed by atoms with van der Waals surface area (Å²) in [4.78, 5) is 22.7. The Balaban J connectivity index is 1.71. The summed E-state index contributed by atoms with van der Waals surface area (Å²) in [5.41, 5.74) is 0.665. The van der Waals surface area contributed by atoms with E-state index < -0.39 is 16.6 Å². The highest BCUT2D eigenvalue weighted by Crippen LogP contribution is 2.27. The van der Waals surface area contributed by atoms with Crippen LogP contribution in [0, 0.1) is 21.8 Å². The van der Waals surface area contributed by atoms with E-state index in [1.807, 2.05) is 35.8 Å². The Hall–Kier alpha value is -3.47. The molecule has 0 spiro atoms. The minimum Gasteiger partial charge on any atom is -0.483 e. The standard InChI is InChI=1S/C25H30FN5O4S/c1-15(2)13-30-24(17(5)35-20-9-6-18(7-10-20)16(3)4)28-29-25(30)36-14-23(32)27-22-12-19(31(33)34)8-11-21(22)26/h6-12,15-17H,13-14H2,1-5H3,(H,27,32). The molecule has 36 heavy (non-hydrogen) atoms. The zero-order valence-corrected chi connectivity index (χ0v) is 21.7. The number of aromatic nitrogens is 3. The molecule has 0 aliphatic rings. The van der Waals surface area contributed by atoms with E-state index in [4.69, 9.17) is 4.74 Å². The summed E-state index contributed by atoms with van der Waals surface area (Å²) in [6.45, 7) is 10.9. The molecule has 0 fully saturated rings. The molecule has 0 saturated carbocycles. The van der Waals surface area contributed by atoms with Crippen LogP contribution in [0.4, 0.5) is 15.8 Å². The maximum Gasteiger partial charge on any atom is 0.271 e. The van der Waals surface area contributed by atoms with Crippen LogP contribution in [0.25, 0.3) is 0 Å². The van der Waals surface area contributed by atoms with Gasteiger partial charge < -0.3 is 14.6 Å². The third-order valence-corrected chi connectivity index (χ3v) is 6.25. The van der Waals surface area contributed by atoms with Crippen molar-refractivity contribution in [2.45, 2.75) is 58.3 Å². The van der Waals surface area contributed by atoms with Crippen molar-refractivity contribution in [1.82, 2.24) is 14.8 Å². The van der Waals surface area contributed by atoms with E-state index in [9.17, 15) is 19.3 Å². The summed E-state index contributed by atoms with van der Waals surface area (Å²) in [5, 5.41) is 22.4. The Labute approximate surface area is 213 Å². The number of amides is 1. The Bertz CT molecular complexity index is 1210. The summed E-state index contributed by atoms with van der Waals surface area (Å²) >= 11 is 1.15. The van der Waals surface area contributed by atoms with Crippen molar-refractivity contribution in [2.75, 3.05) is 11.1 Å². The van der Waals surface area contributed by atoms with Crippen LogP contribution in [-0.4, -0.2) is 31.3 Å². The normalized spacial score (nSPS) is 12.1. The first kappa shape index (κ1) is 27.1. The van der Waals surface area contributed by atoms with E-state index in [-0.39, 0.29) is 29.1 Å². The fourth-order valence-electron chi connectivity index (χ4n) is 3.47. The van der Waals surface area contributed by atoms with Gasteiger partial charge in [-0.2, -0.15) is 0 Å². The average Bonchev–Trinajstić information content (AvgIpc) is 3.21. The van der Waals surface area contributed by atoms with Crippen molar-refractivity contribution in [3.8, 4) is 5.75 Å². The molecule has 0 saturated heterocycles. The van der Waals surface area contributed by atoms with Crippen molar-refractivity contribution in [2.24, 2.45) is 5.92 Å². The SMILES string of the molecule is CC(C)Cn1c(SCC(=O)Nc2cc([N+](=O)[O-])ccc2F)nnc1C(C)Oc1ccc(C(C)C)cc1. The van der Waals surface area contributed by atoms with Gasteiger partial charge in [-0.3, -0.25) is 14.9 Å². The topological polar surface area (TPSA) is 112 Å². The Morgan fingerprint density at radius 3 is 2.44 bits per heavy atom. The summed E-state index contributed by atoms with van der Waals surface area (Å²) in [6.07, 6.45) is -0.386. The van der Waals surface area contributed by atoms with Crippen LogP contribution in [0.3, 0.4) is 0 Å². The highest BCUT2D eigenvalue weighted by Gasteiger charge is 2.22.